The maximum atomic E-state index is 11.5. The Morgan fingerprint density at radius 2 is 1.88 bits per heavy atom. The number of rotatable bonds is 5. The van der Waals surface area contributed by atoms with E-state index in [1.165, 1.54) is 24.3 Å². The van der Waals surface area contributed by atoms with Crippen LogP contribution in [0.3, 0.4) is 0 Å². The van der Waals surface area contributed by atoms with Crippen molar-refractivity contribution in [2.24, 2.45) is 0 Å². The Bertz CT molecular complexity index is 482. The number of hydrogen-bond donors (Lipinski definition) is 3. The van der Waals surface area contributed by atoms with Gasteiger partial charge in [-0.15, -0.1) is 4.83 Å². The fourth-order valence-corrected chi connectivity index (χ4v) is 2.02. The summed E-state index contributed by atoms with van der Waals surface area (Å²) in [7, 11) is -3.47. The van der Waals surface area contributed by atoms with Crippen LogP contribution in [0.25, 0.3) is 0 Å². The molecule has 0 aliphatic rings. The third kappa shape index (κ3) is 4.41. The monoisotopic (exact) mass is 258 g/mol. The first-order chi connectivity index (χ1) is 7.94. The highest BCUT2D eigenvalue weighted by Crippen LogP contribution is 2.09. The topological polar surface area (TPSA) is 95.5 Å². The van der Waals surface area contributed by atoms with Gasteiger partial charge in [-0.2, -0.15) is 0 Å². The van der Waals surface area contributed by atoms with Gasteiger partial charge < -0.3 is 5.11 Å². The highest BCUT2D eigenvalue weighted by atomic mass is 32.2. The van der Waals surface area contributed by atoms with Gasteiger partial charge in [0.2, 0.25) is 10.0 Å². The molecule has 0 spiro atoms. The number of hydrogen-bond acceptors (Lipinski definition) is 4. The van der Waals surface area contributed by atoms with Crippen molar-refractivity contribution in [2.75, 3.05) is 5.75 Å². The van der Waals surface area contributed by atoms with Gasteiger partial charge in [-0.3, -0.25) is 10.2 Å². The Morgan fingerprint density at radius 3 is 2.41 bits per heavy atom. The Morgan fingerprint density at radius 1 is 1.29 bits per heavy atom. The first-order valence-electron chi connectivity index (χ1n) is 5.03. The van der Waals surface area contributed by atoms with Crippen LogP contribution in [-0.4, -0.2) is 25.2 Å². The number of benzene rings is 1. The molecule has 0 radical (unpaired) electrons. The van der Waals surface area contributed by atoms with Gasteiger partial charge in [0.15, 0.2) is 0 Å². The minimum absolute atomic E-state index is 0.0353. The average molecular weight is 258 g/mol. The first kappa shape index (κ1) is 13.5. The van der Waals surface area contributed by atoms with E-state index in [-0.39, 0.29) is 17.1 Å². The second kappa shape index (κ2) is 5.65. The molecule has 1 amide bonds. The van der Waals surface area contributed by atoms with Crippen LogP contribution in [0.2, 0.25) is 0 Å². The average Bonchev–Trinajstić information content (AvgIpc) is 2.27. The summed E-state index contributed by atoms with van der Waals surface area (Å²) in [5, 5.41) is 9.02. The van der Waals surface area contributed by atoms with Gasteiger partial charge in [0, 0.05) is 5.56 Å². The molecule has 0 heterocycles. The van der Waals surface area contributed by atoms with Crippen molar-refractivity contribution in [3.63, 3.8) is 0 Å². The van der Waals surface area contributed by atoms with E-state index in [1.54, 1.807) is 6.92 Å². The molecule has 0 bridgehead atoms. The standard InChI is InChI=1S/C10H14N2O4S/c1-2-7-17(15,16)12-11-10(14)8-3-5-9(13)6-4-8/h3-6,12-13H,2,7H2,1H3,(H,11,14). The second-order valence-electron chi connectivity index (χ2n) is 3.42. The van der Waals surface area contributed by atoms with Crippen LogP contribution in [0, 0.1) is 0 Å². The molecule has 94 valence electrons. The predicted molar refractivity (Wildman–Crippen MR) is 62.8 cm³/mol. The molecule has 6 nitrogen and oxygen atoms in total. The lowest BCUT2D eigenvalue weighted by Crippen LogP contribution is -2.42. The molecule has 17 heavy (non-hydrogen) atoms. The van der Waals surface area contributed by atoms with Crippen LogP contribution in [0.4, 0.5) is 0 Å². The number of phenolic OH excluding ortho intramolecular Hbond substituents is 1. The van der Waals surface area contributed by atoms with E-state index in [1.807, 2.05) is 4.83 Å². The molecule has 0 aromatic heterocycles. The highest BCUT2D eigenvalue weighted by Gasteiger charge is 2.11. The van der Waals surface area contributed by atoms with Crippen LogP contribution in [0.1, 0.15) is 23.7 Å². The Kier molecular flexibility index (Phi) is 4.47. The van der Waals surface area contributed by atoms with Crippen molar-refractivity contribution >= 4 is 15.9 Å². The number of amides is 1. The van der Waals surface area contributed by atoms with E-state index in [9.17, 15) is 13.2 Å². The van der Waals surface area contributed by atoms with Gasteiger partial charge >= 0.3 is 0 Å². The maximum Gasteiger partial charge on any atom is 0.266 e. The largest absolute Gasteiger partial charge is 0.508 e. The van der Waals surface area contributed by atoms with E-state index in [0.717, 1.165) is 0 Å². The summed E-state index contributed by atoms with van der Waals surface area (Å²) in [6, 6.07) is 5.46. The molecule has 0 unspecified atom stereocenters. The fourth-order valence-electron chi connectivity index (χ4n) is 1.13. The third-order valence-corrected chi connectivity index (χ3v) is 3.28. The number of carbonyl (C=O) groups excluding carboxylic acids is 1. The minimum Gasteiger partial charge on any atom is -0.508 e. The normalized spacial score (nSPS) is 11.1. The predicted octanol–water partition coefficient (Wildman–Crippen LogP) is 0.366. The molecule has 0 atom stereocenters. The number of nitrogens with one attached hydrogen (secondary N) is 2. The van der Waals surface area contributed by atoms with Crippen molar-refractivity contribution < 1.29 is 18.3 Å². The van der Waals surface area contributed by atoms with E-state index < -0.39 is 15.9 Å². The van der Waals surface area contributed by atoms with Gasteiger partial charge in [-0.05, 0) is 30.7 Å². The van der Waals surface area contributed by atoms with Gasteiger partial charge in [0.1, 0.15) is 5.75 Å². The Hall–Kier alpha value is -1.60. The molecule has 0 saturated carbocycles. The molecule has 3 N–H and O–H groups in total. The van der Waals surface area contributed by atoms with Crippen LogP contribution in [-0.2, 0) is 10.0 Å². The third-order valence-electron chi connectivity index (χ3n) is 1.92. The van der Waals surface area contributed by atoms with Gasteiger partial charge in [0.05, 0.1) is 5.75 Å². The molecule has 0 fully saturated rings. The van der Waals surface area contributed by atoms with Gasteiger partial charge in [-0.1, -0.05) is 6.92 Å². The van der Waals surface area contributed by atoms with E-state index in [0.29, 0.717) is 6.42 Å². The zero-order chi connectivity index (χ0) is 12.9. The number of phenols is 1. The maximum absolute atomic E-state index is 11.5. The minimum atomic E-state index is -3.47. The van der Waals surface area contributed by atoms with Crippen LogP contribution >= 0.6 is 0 Å². The van der Waals surface area contributed by atoms with Crippen LogP contribution in [0.15, 0.2) is 24.3 Å². The van der Waals surface area contributed by atoms with Crippen LogP contribution < -0.4 is 10.3 Å². The fraction of sp³-hybridized carbons (Fsp3) is 0.300. The summed E-state index contributed by atoms with van der Waals surface area (Å²) in [5.41, 5.74) is 2.34. The highest BCUT2D eigenvalue weighted by molar-refractivity contribution is 7.89. The lowest BCUT2D eigenvalue weighted by Gasteiger charge is -2.07. The zero-order valence-corrected chi connectivity index (χ0v) is 10.1. The summed E-state index contributed by atoms with van der Waals surface area (Å²) in [5.74, 6) is -0.596. The molecular formula is C10H14N2O4S. The van der Waals surface area contributed by atoms with Crippen molar-refractivity contribution in [1.29, 1.82) is 0 Å². The smallest absolute Gasteiger partial charge is 0.266 e. The molecule has 1 aromatic carbocycles. The molecule has 0 saturated heterocycles. The van der Waals surface area contributed by atoms with Crippen LogP contribution in [0.5, 0.6) is 5.75 Å². The molecule has 7 heteroatoms. The van der Waals surface area contributed by atoms with E-state index in [4.69, 9.17) is 5.11 Å². The van der Waals surface area contributed by atoms with E-state index in [2.05, 4.69) is 5.43 Å². The first-order valence-corrected chi connectivity index (χ1v) is 6.68. The molecule has 1 rings (SSSR count). The summed E-state index contributed by atoms with van der Waals surface area (Å²) in [4.78, 5) is 13.5. The number of sulfonamides is 1. The second-order valence-corrected chi connectivity index (χ2v) is 5.26. The molecular weight excluding hydrogens is 244 g/mol. The lowest BCUT2D eigenvalue weighted by atomic mass is 10.2. The summed E-state index contributed by atoms with van der Waals surface area (Å²) < 4.78 is 22.5. The molecule has 0 aliphatic carbocycles. The van der Waals surface area contributed by atoms with Gasteiger partial charge in [0.25, 0.3) is 5.91 Å². The number of aromatic hydroxyl groups is 1. The lowest BCUT2D eigenvalue weighted by molar-refractivity contribution is 0.0945. The quantitative estimate of drug-likeness (QED) is 0.665. The van der Waals surface area contributed by atoms with E-state index >= 15 is 0 Å². The summed E-state index contributed by atoms with van der Waals surface area (Å²) >= 11 is 0. The van der Waals surface area contributed by atoms with Crippen molar-refractivity contribution in [1.82, 2.24) is 10.3 Å². The summed E-state index contributed by atoms with van der Waals surface area (Å²) in [6.45, 7) is 1.72. The molecule has 1 aromatic rings. The van der Waals surface area contributed by atoms with Crippen molar-refractivity contribution in [3.8, 4) is 5.75 Å². The number of carbonyl (C=O) groups is 1. The SMILES string of the molecule is CCCS(=O)(=O)NNC(=O)c1ccc(O)cc1. The Labute approximate surface area is 99.7 Å². The van der Waals surface area contributed by atoms with Crippen molar-refractivity contribution in [3.05, 3.63) is 29.8 Å². The summed E-state index contributed by atoms with van der Waals surface area (Å²) in [6.07, 6.45) is 0.463. The van der Waals surface area contributed by atoms with Crippen molar-refractivity contribution in [2.45, 2.75) is 13.3 Å². The Balaban J connectivity index is 2.59. The number of hydrazine groups is 1. The van der Waals surface area contributed by atoms with Gasteiger partial charge in [-0.25, -0.2) is 8.42 Å². The zero-order valence-electron chi connectivity index (χ0n) is 9.30. The molecule has 0 aliphatic heterocycles.